The van der Waals surface area contributed by atoms with Crippen molar-refractivity contribution in [2.24, 2.45) is 0 Å². The van der Waals surface area contributed by atoms with Gasteiger partial charge in [0.2, 0.25) is 5.91 Å². The van der Waals surface area contributed by atoms with Crippen LogP contribution in [-0.2, 0) is 18.4 Å². The van der Waals surface area contributed by atoms with Gasteiger partial charge in [0.05, 0.1) is 39.9 Å². The summed E-state index contributed by atoms with van der Waals surface area (Å²) in [4.78, 5) is 23.4. The van der Waals surface area contributed by atoms with Crippen molar-refractivity contribution in [2.45, 2.75) is 386 Å². The Morgan fingerprint density at radius 2 is 0.679 bits per heavy atom. The van der Waals surface area contributed by atoms with Crippen molar-refractivity contribution in [1.29, 1.82) is 0 Å². The molecule has 0 aliphatic rings. The number of aliphatic hydroxyl groups excluding tert-OH is 1. The van der Waals surface area contributed by atoms with E-state index in [0.717, 1.165) is 44.9 Å². The molecular formula is C75H146N2O6P+. The molecular weight excluding hydrogens is 1060 g/mol. The van der Waals surface area contributed by atoms with Gasteiger partial charge in [-0.05, 0) is 57.8 Å². The van der Waals surface area contributed by atoms with Crippen LogP contribution in [0.3, 0.4) is 0 Å². The highest BCUT2D eigenvalue weighted by Crippen LogP contribution is 2.43. The molecule has 1 amide bonds. The number of allylic oxidation sites excluding steroid dienone is 7. The van der Waals surface area contributed by atoms with Gasteiger partial charge in [-0.15, -0.1) is 0 Å². The molecule has 0 saturated heterocycles. The van der Waals surface area contributed by atoms with Gasteiger partial charge >= 0.3 is 7.82 Å². The highest BCUT2D eigenvalue weighted by Gasteiger charge is 2.28. The third kappa shape index (κ3) is 68.0. The first-order valence-corrected chi connectivity index (χ1v) is 38.5. The highest BCUT2D eigenvalue weighted by molar-refractivity contribution is 7.47. The number of rotatable bonds is 69. The number of phosphoric acid groups is 1. The Balaban J connectivity index is 3.91. The largest absolute Gasteiger partial charge is 0.472 e. The van der Waals surface area contributed by atoms with E-state index in [0.29, 0.717) is 17.4 Å². The number of nitrogens with zero attached hydrogens (tertiary/aromatic N) is 1. The zero-order chi connectivity index (χ0) is 61.2. The van der Waals surface area contributed by atoms with Crippen molar-refractivity contribution in [3.8, 4) is 0 Å². The summed E-state index contributed by atoms with van der Waals surface area (Å²) in [5.74, 6) is -0.169. The van der Waals surface area contributed by atoms with Crippen molar-refractivity contribution < 1.29 is 32.9 Å². The average molecular weight is 1200 g/mol. The van der Waals surface area contributed by atoms with Gasteiger partial charge in [-0.25, -0.2) is 4.57 Å². The minimum atomic E-state index is -4.35. The Kier molecular flexibility index (Phi) is 64.7. The van der Waals surface area contributed by atoms with Gasteiger partial charge in [0, 0.05) is 6.42 Å². The molecule has 8 nitrogen and oxygen atoms in total. The van der Waals surface area contributed by atoms with E-state index in [1.807, 2.05) is 27.2 Å². The van der Waals surface area contributed by atoms with Crippen LogP contribution in [0.4, 0.5) is 0 Å². The van der Waals surface area contributed by atoms with Crippen LogP contribution in [0.5, 0.6) is 0 Å². The molecule has 0 fully saturated rings. The summed E-state index contributed by atoms with van der Waals surface area (Å²) in [6, 6.07) is -0.846. The second kappa shape index (κ2) is 65.9. The number of unbranched alkanes of at least 4 members (excludes halogenated alkanes) is 50. The van der Waals surface area contributed by atoms with E-state index in [1.54, 1.807) is 6.08 Å². The molecule has 3 atom stereocenters. The van der Waals surface area contributed by atoms with E-state index in [2.05, 4.69) is 55.6 Å². The lowest BCUT2D eigenvalue weighted by molar-refractivity contribution is -0.870. The third-order valence-electron chi connectivity index (χ3n) is 17.0. The van der Waals surface area contributed by atoms with Crippen LogP contribution < -0.4 is 5.32 Å². The van der Waals surface area contributed by atoms with Gasteiger partial charge in [0.25, 0.3) is 0 Å². The van der Waals surface area contributed by atoms with Crippen molar-refractivity contribution in [1.82, 2.24) is 5.32 Å². The Bertz CT molecular complexity index is 1510. The number of phosphoric ester groups is 1. The topological polar surface area (TPSA) is 105 Å². The third-order valence-corrected chi connectivity index (χ3v) is 18.0. The molecule has 3 unspecified atom stereocenters. The fourth-order valence-corrected chi connectivity index (χ4v) is 12.0. The standard InChI is InChI=1S/C75H145N2O6P/c1-6-8-10-12-14-16-18-20-22-24-26-28-29-30-31-32-33-34-35-36-37-38-39-40-41-42-43-44-45-46-47-49-51-53-55-57-59-61-63-65-67-69-75(79)76-73(72-83-84(80,81)82-71-70-77(3,4)5)74(78)68-66-64-62-60-58-56-54-52-50-48-27-25-23-21-19-17-15-13-11-9-7-2/h18,20,24,26,29-30,66,68,73-74,78H,6-17,19,21-23,25,27-28,31-65,67,69-72H2,1-5H3,(H-,76,79,80,81)/p+1/b20-18-,26-24-,30-29-,68-66+. The van der Waals surface area contributed by atoms with E-state index in [9.17, 15) is 19.4 Å². The summed E-state index contributed by atoms with van der Waals surface area (Å²) in [6.07, 6.45) is 89.9. The van der Waals surface area contributed by atoms with Crippen LogP contribution in [0.25, 0.3) is 0 Å². The molecule has 0 heterocycles. The summed E-state index contributed by atoms with van der Waals surface area (Å²) in [7, 11) is 1.59. The number of carbonyl (C=O) groups excluding carboxylic acids is 1. The molecule has 0 spiro atoms. The molecule has 0 aromatic heterocycles. The molecule has 3 N–H and O–H groups in total. The SMILES string of the molecule is CCCCCCC/C=C\C/C=C\C/C=C\CCCCCCCCCCCCCCCCCCCCCCCCCCCCC(=O)NC(COP(=O)(O)OCC[N+](C)(C)C)C(O)/C=C/CCCCCCCCCCCCCCCCCCCCC. The first-order valence-electron chi connectivity index (χ1n) is 37.0. The Morgan fingerprint density at radius 3 is 0.988 bits per heavy atom. The van der Waals surface area contributed by atoms with Crippen LogP contribution in [0.1, 0.15) is 373 Å². The quantitative estimate of drug-likeness (QED) is 0.0243. The molecule has 84 heavy (non-hydrogen) atoms. The first-order chi connectivity index (χ1) is 41.0. The summed E-state index contributed by atoms with van der Waals surface area (Å²) in [5.41, 5.74) is 0. The number of hydrogen-bond donors (Lipinski definition) is 3. The number of amides is 1. The van der Waals surface area contributed by atoms with Crippen LogP contribution in [0.15, 0.2) is 48.6 Å². The van der Waals surface area contributed by atoms with Crippen molar-refractivity contribution in [3.05, 3.63) is 48.6 Å². The van der Waals surface area contributed by atoms with Crippen LogP contribution in [0, 0.1) is 0 Å². The fourth-order valence-electron chi connectivity index (χ4n) is 11.3. The highest BCUT2D eigenvalue weighted by atomic mass is 31.2. The van der Waals surface area contributed by atoms with Gasteiger partial charge in [-0.1, -0.05) is 358 Å². The van der Waals surface area contributed by atoms with Gasteiger partial charge in [0.1, 0.15) is 13.2 Å². The number of aliphatic hydroxyl groups is 1. The molecule has 0 aromatic rings. The van der Waals surface area contributed by atoms with Crippen LogP contribution in [0.2, 0.25) is 0 Å². The summed E-state index contributed by atoms with van der Waals surface area (Å²) in [5, 5.41) is 14.0. The van der Waals surface area contributed by atoms with Crippen molar-refractivity contribution >= 4 is 13.7 Å². The van der Waals surface area contributed by atoms with Gasteiger partial charge in [-0.3, -0.25) is 13.8 Å². The van der Waals surface area contributed by atoms with Crippen LogP contribution >= 0.6 is 7.82 Å². The lowest BCUT2D eigenvalue weighted by Gasteiger charge is -2.25. The van der Waals surface area contributed by atoms with E-state index in [-0.39, 0.29) is 19.1 Å². The second-order valence-corrected chi connectivity index (χ2v) is 28.1. The van der Waals surface area contributed by atoms with E-state index in [1.165, 1.54) is 308 Å². The molecule has 9 heteroatoms. The van der Waals surface area contributed by atoms with E-state index in [4.69, 9.17) is 9.05 Å². The lowest BCUT2D eigenvalue weighted by atomic mass is 10.0. The zero-order valence-corrected chi connectivity index (χ0v) is 57.8. The Morgan fingerprint density at radius 1 is 0.405 bits per heavy atom. The molecule has 0 radical (unpaired) electrons. The molecule has 0 aromatic carbocycles. The lowest BCUT2D eigenvalue weighted by Crippen LogP contribution is -2.45. The second-order valence-electron chi connectivity index (χ2n) is 26.7. The fraction of sp³-hybridized carbons (Fsp3) is 0.880. The smallest absolute Gasteiger partial charge is 0.387 e. The van der Waals surface area contributed by atoms with Gasteiger partial charge in [0.15, 0.2) is 0 Å². The first kappa shape index (κ1) is 82.5. The van der Waals surface area contributed by atoms with Crippen molar-refractivity contribution in [3.63, 3.8) is 0 Å². The molecule has 0 bridgehead atoms. The van der Waals surface area contributed by atoms with Gasteiger partial charge in [-0.2, -0.15) is 0 Å². The maximum Gasteiger partial charge on any atom is 0.472 e. The Hall–Kier alpha value is -1.54. The summed E-state index contributed by atoms with van der Waals surface area (Å²) in [6.45, 7) is 4.86. The molecule has 0 aliphatic heterocycles. The number of carbonyl (C=O) groups is 1. The minimum absolute atomic E-state index is 0.0636. The van der Waals surface area contributed by atoms with Gasteiger partial charge < -0.3 is 19.8 Å². The summed E-state index contributed by atoms with van der Waals surface area (Å²) < 4.78 is 23.8. The average Bonchev–Trinajstić information content (AvgIpc) is 3.56. The monoisotopic (exact) mass is 1200 g/mol. The number of nitrogens with one attached hydrogen (secondary N) is 1. The van der Waals surface area contributed by atoms with E-state index < -0.39 is 20.0 Å². The number of likely N-dealkylation sites (N-methyl/N-ethyl adjacent to an activating group) is 1. The maximum absolute atomic E-state index is 13.1. The van der Waals surface area contributed by atoms with E-state index >= 15 is 0 Å². The predicted octanol–water partition coefficient (Wildman–Crippen LogP) is 23.8. The Labute approximate surface area is 524 Å². The normalized spacial score (nSPS) is 13.8. The maximum atomic E-state index is 13.1. The minimum Gasteiger partial charge on any atom is -0.387 e. The van der Waals surface area contributed by atoms with Crippen molar-refractivity contribution in [2.75, 3.05) is 40.9 Å². The predicted molar refractivity (Wildman–Crippen MR) is 369 cm³/mol. The molecule has 0 aliphatic carbocycles. The van der Waals surface area contributed by atoms with Crippen LogP contribution in [-0.4, -0.2) is 73.4 Å². The molecule has 0 saturated carbocycles. The molecule has 0 rings (SSSR count). The molecule has 496 valence electrons. The zero-order valence-electron chi connectivity index (χ0n) is 56.9. The number of hydrogen-bond acceptors (Lipinski definition) is 5. The number of quaternary nitrogens is 1. The summed E-state index contributed by atoms with van der Waals surface area (Å²) >= 11 is 0.